The number of hydrogen-bond acceptors (Lipinski definition) is 9. The van der Waals surface area contributed by atoms with Gasteiger partial charge in [-0.05, 0) is 50.2 Å². The molecule has 0 radical (unpaired) electrons. The molecule has 0 aliphatic heterocycles. The second-order valence-electron chi connectivity index (χ2n) is 7.42. The highest BCUT2D eigenvalue weighted by molar-refractivity contribution is 5.99. The summed E-state index contributed by atoms with van der Waals surface area (Å²) in [5.41, 5.74) is 10.6. The third-order valence-electron chi connectivity index (χ3n) is 5.03. The molecule has 0 aliphatic rings. The van der Waals surface area contributed by atoms with E-state index in [9.17, 15) is 0 Å². The third kappa shape index (κ3) is 5.77. The highest BCUT2D eigenvalue weighted by atomic mass is 15.4. The Labute approximate surface area is 198 Å². The molecule has 0 aliphatic carbocycles. The van der Waals surface area contributed by atoms with Crippen LogP contribution in [0.5, 0.6) is 0 Å². The van der Waals surface area contributed by atoms with Crippen molar-refractivity contribution in [2.45, 2.75) is 13.8 Å². The normalized spacial score (nSPS) is 11.7. The standard InChI is InChI=1S/C25H25N9/c1-18(20-9-13-26-14-10-20)30-32-23-17-24(33-31-19(2)21-11-15-27-16-12-21)29-25(28-23)34(3)22-7-5-4-6-8-22/h4-17H,1-3H3,(H2,28,29,32,33). The molecule has 0 saturated carbocycles. The van der Waals surface area contributed by atoms with E-state index in [2.05, 4.69) is 41.0 Å². The summed E-state index contributed by atoms with van der Waals surface area (Å²) in [7, 11) is 1.91. The Kier molecular flexibility index (Phi) is 7.14. The van der Waals surface area contributed by atoms with Crippen molar-refractivity contribution in [1.82, 2.24) is 19.9 Å². The number of hydrogen-bond donors (Lipinski definition) is 2. The Morgan fingerprint density at radius 1 is 0.706 bits per heavy atom. The van der Waals surface area contributed by atoms with E-state index in [1.54, 1.807) is 30.9 Å². The van der Waals surface area contributed by atoms with Gasteiger partial charge in [0.05, 0.1) is 11.4 Å². The maximum absolute atomic E-state index is 4.65. The molecule has 9 heteroatoms. The van der Waals surface area contributed by atoms with Gasteiger partial charge in [0.25, 0.3) is 0 Å². The van der Waals surface area contributed by atoms with Gasteiger partial charge in [-0.15, -0.1) is 0 Å². The number of benzene rings is 1. The SMILES string of the molecule is CC(=NNc1cc(NN=C(C)c2ccncc2)nc(N(C)c2ccccc2)n1)c1ccncc1. The van der Waals surface area contributed by atoms with Crippen molar-refractivity contribution < 1.29 is 0 Å². The highest BCUT2D eigenvalue weighted by Gasteiger charge is 2.11. The van der Waals surface area contributed by atoms with E-state index >= 15 is 0 Å². The summed E-state index contributed by atoms with van der Waals surface area (Å²) < 4.78 is 0. The number of aromatic nitrogens is 4. The fourth-order valence-electron chi connectivity index (χ4n) is 3.06. The molecule has 0 fully saturated rings. The Hall–Kier alpha value is -4.66. The van der Waals surface area contributed by atoms with Gasteiger partial charge in [-0.1, -0.05) is 18.2 Å². The number of para-hydroxylation sites is 1. The molecule has 4 aromatic rings. The van der Waals surface area contributed by atoms with Crippen molar-refractivity contribution in [1.29, 1.82) is 0 Å². The quantitative estimate of drug-likeness (QED) is 0.295. The van der Waals surface area contributed by atoms with Crippen LogP contribution in [0.15, 0.2) is 95.7 Å². The molecule has 0 amide bonds. The first kappa shape index (κ1) is 22.5. The number of rotatable bonds is 8. The summed E-state index contributed by atoms with van der Waals surface area (Å²) in [5.74, 6) is 1.55. The van der Waals surface area contributed by atoms with E-state index in [0.29, 0.717) is 17.6 Å². The Bertz CT molecular complexity index is 1200. The lowest BCUT2D eigenvalue weighted by Gasteiger charge is -2.18. The zero-order chi connectivity index (χ0) is 23.8. The second kappa shape index (κ2) is 10.8. The first-order valence-corrected chi connectivity index (χ1v) is 10.7. The van der Waals surface area contributed by atoms with Crippen molar-refractivity contribution in [3.8, 4) is 0 Å². The number of nitrogens with one attached hydrogen (secondary N) is 2. The maximum atomic E-state index is 4.65. The van der Waals surface area contributed by atoms with Gasteiger partial charge in [0.1, 0.15) is 0 Å². The molecule has 0 saturated heterocycles. The zero-order valence-electron chi connectivity index (χ0n) is 19.2. The minimum atomic E-state index is 0.493. The third-order valence-corrected chi connectivity index (χ3v) is 5.03. The second-order valence-corrected chi connectivity index (χ2v) is 7.42. The summed E-state index contributed by atoms with van der Waals surface area (Å²) in [4.78, 5) is 19.3. The largest absolute Gasteiger partial charge is 0.313 e. The van der Waals surface area contributed by atoms with Crippen molar-refractivity contribution in [2.75, 3.05) is 22.8 Å². The summed E-state index contributed by atoms with van der Waals surface area (Å²) in [5, 5.41) is 8.96. The van der Waals surface area contributed by atoms with Crippen LogP contribution in [-0.4, -0.2) is 38.4 Å². The zero-order valence-corrected chi connectivity index (χ0v) is 19.2. The lowest BCUT2D eigenvalue weighted by Crippen LogP contribution is -2.15. The van der Waals surface area contributed by atoms with Gasteiger partial charge in [-0.25, -0.2) is 0 Å². The summed E-state index contributed by atoms with van der Waals surface area (Å²) in [6, 6.07) is 19.3. The van der Waals surface area contributed by atoms with Crippen LogP contribution in [-0.2, 0) is 0 Å². The molecule has 3 heterocycles. The van der Waals surface area contributed by atoms with Crippen LogP contribution in [0.3, 0.4) is 0 Å². The van der Waals surface area contributed by atoms with E-state index in [1.807, 2.05) is 80.4 Å². The Morgan fingerprint density at radius 2 is 1.18 bits per heavy atom. The predicted molar refractivity (Wildman–Crippen MR) is 137 cm³/mol. The number of anilines is 4. The van der Waals surface area contributed by atoms with E-state index in [-0.39, 0.29) is 0 Å². The maximum Gasteiger partial charge on any atom is 0.233 e. The fraction of sp³-hybridized carbons (Fsp3) is 0.120. The molecule has 170 valence electrons. The van der Waals surface area contributed by atoms with E-state index < -0.39 is 0 Å². The molecule has 4 rings (SSSR count). The van der Waals surface area contributed by atoms with Gasteiger partial charge in [-0.2, -0.15) is 20.2 Å². The summed E-state index contributed by atoms with van der Waals surface area (Å²) in [6.07, 6.45) is 6.93. The number of nitrogens with zero attached hydrogens (tertiary/aromatic N) is 7. The first-order chi connectivity index (χ1) is 16.6. The van der Waals surface area contributed by atoms with Gasteiger partial charge in [0.2, 0.25) is 5.95 Å². The molecule has 0 spiro atoms. The molecular formula is C25H25N9. The van der Waals surface area contributed by atoms with Crippen molar-refractivity contribution >= 4 is 34.7 Å². The molecule has 0 atom stereocenters. The molecule has 1 aromatic carbocycles. The molecule has 2 N–H and O–H groups in total. The smallest absolute Gasteiger partial charge is 0.233 e. The number of pyridine rings is 2. The monoisotopic (exact) mass is 451 g/mol. The molecular weight excluding hydrogens is 426 g/mol. The Balaban J connectivity index is 1.63. The first-order valence-electron chi connectivity index (χ1n) is 10.7. The summed E-state index contributed by atoms with van der Waals surface area (Å²) in [6.45, 7) is 3.84. The molecule has 9 nitrogen and oxygen atoms in total. The average molecular weight is 452 g/mol. The van der Waals surface area contributed by atoms with E-state index in [4.69, 9.17) is 0 Å². The van der Waals surface area contributed by atoms with Crippen LogP contribution in [0, 0.1) is 0 Å². The van der Waals surface area contributed by atoms with Crippen LogP contribution < -0.4 is 15.8 Å². The molecule has 0 unspecified atom stereocenters. The van der Waals surface area contributed by atoms with Crippen LogP contribution >= 0.6 is 0 Å². The van der Waals surface area contributed by atoms with Crippen LogP contribution in [0.1, 0.15) is 25.0 Å². The minimum Gasteiger partial charge on any atom is -0.313 e. The molecule has 3 aromatic heterocycles. The van der Waals surface area contributed by atoms with Crippen molar-refractivity contribution in [3.63, 3.8) is 0 Å². The van der Waals surface area contributed by atoms with Gasteiger partial charge in [-0.3, -0.25) is 20.8 Å². The summed E-state index contributed by atoms with van der Waals surface area (Å²) >= 11 is 0. The Morgan fingerprint density at radius 3 is 1.65 bits per heavy atom. The van der Waals surface area contributed by atoms with Crippen LogP contribution in [0.4, 0.5) is 23.3 Å². The van der Waals surface area contributed by atoms with E-state index in [1.165, 1.54) is 0 Å². The molecule has 0 bridgehead atoms. The van der Waals surface area contributed by atoms with Crippen LogP contribution in [0.2, 0.25) is 0 Å². The van der Waals surface area contributed by atoms with Gasteiger partial charge >= 0.3 is 0 Å². The van der Waals surface area contributed by atoms with Gasteiger partial charge in [0, 0.05) is 54.7 Å². The minimum absolute atomic E-state index is 0.493. The lowest BCUT2D eigenvalue weighted by molar-refractivity contribution is 1.03. The van der Waals surface area contributed by atoms with Crippen molar-refractivity contribution in [3.05, 3.63) is 96.6 Å². The fourth-order valence-corrected chi connectivity index (χ4v) is 3.06. The average Bonchev–Trinajstić information content (AvgIpc) is 2.91. The lowest BCUT2D eigenvalue weighted by atomic mass is 10.2. The van der Waals surface area contributed by atoms with Crippen LogP contribution in [0.25, 0.3) is 0 Å². The predicted octanol–water partition coefficient (Wildman–Crippen LogP) is 4.71. The van der Waals surface area contributed by atoms with E-state index in [0.717, 1.165) is 28.2 Å². The highest BCUT2D eigenvalue weighted by Crippen LogP contribution is 2.23. The topological polar surface area (TPSA) is 104 Å². The molecule has 34 heavy (non-hydrogen) atoms. The van der Waals surface area contributed by atoms with Gasteiger partial charge in [0.15, 0.2) is 11.6 Å². The van der Waals surface area contributed by atoms with Crippen molar-refractivity contribution in [2.24, 2.45) is 10.2 Å². The van der Waals surface area contributed by atoms with Gasteiger partial charge < -0.3 is 4.90 Å². The number of hydrazone groups is 2.